The molecule has 2 fully saturated rings. The number of aromatic nitrogens is 3. The number of halogens is 1. The molecular weight excluding hydrogens is 309 g/mol. The zero-order valence-corrected chi connectivity index (χ0v) is 13.4. The molecule has 0 radical (unpaired) electrons. The van der Waals surface area contributed by atoms with Gasteiger partial charge in [-0.25, -0.2) is 14.4 Å². The Morgan fingerprint density at radius 2 is 2.25 bits per heavy atom. The summed E-state index contributed by atoms with van der Waals surface area (Å²) in [5.74, 6) is 1.40. The molecule has 0 unspecified atom stereocenters. The number of likely N-dealkylation sites (tertiary alicyclic amines) is 1. The molecule has 2 aliphatic heterocycles. The van der Waals surface area contributed by atoms with Crippen LogP contribution in [0.15, 0.2) is 30.7 Å². The van der Waals surface area contributed by atoms with Gasteiger partial charge in [-0.2, -0.15) is 0 Å². The van der Waals surface area contributed by atoms with E-state index in [0.717, 1.165) is 42.8 Å². The van der Waals surface area contributed by atoms with Gasteiger partial charge in [-0.05, 0) is 30.9 Å². The molecular formula is C17H20FN5O. The minimum Gasteiger partial charge on any atom is -0.351 e. The first-order chi connectivity index (χ1) is 11.8. The summed E-state index contributed by atoms with van der Waals surface area (Å²) in [6.07, 6.45) is 8.16. The van der Waals surface area contributed by atoms with Gasteiger partial charge in [-0.15, -0.1) is 0 Å². The molecule has 1 N–H and O–H groups in total. The zero-order valence-electron chi connectivity index (χ0n) is 13.4. The molecule has 0 saturated carbocycles. The monoisotopic (exact) mass is 329 g/mol. The van der Waals surface area contributed by atoms with Crippen LogP contribution >= 0.6 is 0 Å². The molecule has 6 nitrogen and oxygen atoms in total. The third kappa shape index (κ3) is 2.53. The second-order valence-electron chi connectivity index (χ2n) is 6.38. The maximum atomic E-state index is 12.3. The average Bonchev–Trinajstić information content (AvgIpc) is 3.25. The molecule has 0 bridgehead atoms. The minimum absolute atomic E-state index is 0.104. The molecule has 2 aromatic rings. The number of allylic oxidation sites excluding steroid dienone is 1. The van der Waals surface area contributed by atoms with E-state index in [9.17, 15) is 9.18 Å². The van der Waals surface area contributed by atoms with Crippen molar-refractivity contribution < 1.29 is 9.18 Å². The van der Waals surface area contributed by atoms with Gasteiger partial charge in [-0.3, -0.25) is 4.79 Å². The highest BCUT2D eigenvalue weighted by molar-refractivity contribution is 5.89. The van der Waals surface area contributed by atoms with Crippen LogP contribution in [0.5, 0.6) is 0 Å². The van der Waals surface area contributed by atoms with E-state index in [1.54, 1.807) is 6.33 Å². The molecule has 4 heterocycles. The van der Waals surface area contributed by atoms with Gasteiger partial charge in [0.1, 0.15) is 24.5 Å². The number of hydrogen-bond donors (Lipinski definition) is 1. The number of nitrogens with one attached hydrogen (secondary N) is 1. The number of nitrogens with zero attached hydrogens (tertiary/aromatic N) is 4. The van der Waals surface area contributed by atoms with Crippen LogP contribution in [0, 0.1) is 5.92 Å². The van der Waals surface area contributed by atoms with E-state index < -0.39 is 6.67 Å². The topological polar surface area (TPSA) is 65.1 Å². The number of amides is 1. The third-order valence-corrected chi connectivity index (χ3v) is 5.13. The number of aromatic amines is 1. The van der Waals surface area contributed by atoms with Crippen molar-refractivity contribution in [2.75, 3.05) is 31.2 Å². The number of hydrogen-bond acceptors (Lipinski definition) is 4. The fourth-order valence-electron chi connectivity index (χ4n) is 3.94. The van der Waals surface area contributed by atoms with E-state index >= 15 is 0 Å². The quantitative estimate of drug-likeness (QED) is 0.874. The Labute approximate surface area is 139 Å². The Hall–Kier alpha value is -2.44. The van der Waals surface area contributed by atoms with Crippen molar-refractivity contribution in [3.63, 3.8) is 0 Å². The normalized spacial score (nSPS) is 24.0. The van der Waals surface area contributed by atoms with E-state index in [1.807, 2.05) is 17.2 Å². The summed E-state index contributed by atoms with van der Waals surface area (Å²) in [4.78, 5) is 28.2. The highest BCUT2D eigenvalue weighted by atomic mass is 19.1. The average molecular weight is 329 g/mol. The van der Waals surface area contributed by atoms with E-state index in [4.69, 9.17) is 0 Å². The van der Waals surface area contributed by atoms with E-state index in [1.165, 1.54) is 12.2 Å². The first kappa shape index (κ1) is 15.1. The Kier molecular flexibility index (Phi) is 3.92. The second-order valence-corrected chi connectivity index (χ2v) is 6.38. The molecule has 0 aromatic carbocycles. The van der Waals surface area contributed by atoms with Crippen molar-refractivity contribution in [3.05, 3.63) is 30.7 Å². The first-order valence-electron chi connectivity index (χ1n) is 8.34. The Morgan fingerprint density at radius 1 is 1.38 bits per heavy atom. The molecule has 0 aliphatic carbocycles. The number of carbonyl (C=O) groups excluding carboxylic acids is 1. The van der Waals surface area contributed by atoms with Gasteiger partial charge in [0.2, 0.25) is 5.91 Å². The van der Waals surface area contributed by atoms with Gasteiger partial charge in [0.15, 0.2) is 0 Å². The summed E-state index contributed by atoms with van der Waals surface area (Å²) in [7, 11) is 0. The highest BCUT2D eigenvalue weighted by Crippen LogP contribution is 2.36. The summed E-state index contributed by atoms with van der Waals surface area (Å²) in [6, 6.07) is 2.25. The van der Waals surface area contributed by atoms with Crippen LogP contribution in [0.4, 0.5) is 10.2 Å². The first-order valence-corrected chi connectivity index (χ1v) is 8.34. The maximum Gasteiger partial charge on any atom is 0.246 e. The van der Waals surface area contributed by atoms with E-state index in [2.05, 4.69) is 19.9 Å². The van der Waals surface area contributed by atoms with Gasteiger partial charge in [-0.1, -0.05) is 0 Å². The van der Waals surface area contributed by atoms with Gasteiger partial charge < -0.3 is 14.8 Å². The summed E-state index contributed by atoms with van der Waals surface area (Å²) in [5, 5.41) is 1.01. The van der Waals surface area contributed by atoms with Crippen molar-refractivity contribution in [1.29, 1.82) is 0 Å². The molecule has 126 valence electrons. The molecule has 0 spiro atoms. The van der Waals surface area contributed by atoms with Crippen LogP contribution < -0.4 is 4.90 Å². The summed E-state index contributed by atoms with van der Waals surface area (Å²) in [5.41, 5.74) is 0.832. The van der Waals surface area contributed by atoms with Gasteiger partial charge in [0.25, 0.3) is 0 Å². The number of H-pyrrole nitrogens is 1. The largest absolute Gasteiger partial charge is 0.351 e. The lowest BCUT2D eigenvalue weighted by Crippen LogP contribution is -2.50. The molecule has 2 aromatic heterocycles. The van der Waals surface area contributed by atoms with Crippen LogP contribution in [-0.2, 0) is 4.79 Å². The van der Waals surface area contributed by atoms with Crippen molar-refractivity contribution in [2.24, 2.45) is 5.92 Å². The zero-order chi connectivity index (χ0) is 16.5. The number of carbonyl (C=O) groups is 1. The lowest BCUT2D eigenvalue weighted by molar-refractivity contribution is -0.127. The predicted octanol–water partition coefficient (Wildman–Crippen LogP) is 1.91. The van der Waals surface area contributed by atoms with E-state index in [-0.39, 0.29) is 11.9 Å². The van der Waals surface area contributed by atoms with Gasteiger partial charge in [0.05, 0.1) is 11.4 Å². The molecule has 24 heavy (non-hydrogen) atoms. The summed E-state index contributed by atoms with van der Waals surface area (Å²) < 4.78 is 12.3. The third-order valence-electron chi connectivity index (χ3n) is 5.13. The minimum atomic E-state index is -0.607. The number of rotatable bonds is 3. The molecule has 7 heteroatoms. The van der Waals surface area contributed by atoms with Crippen molar-refractivity contribution in [3.8, 4) is 0 Å². The van der Waals surface area contributed by atoms with E-state index in [0.29, 0.717) is 12.5 Å². The van der Waals surface area contributed by atoms with Crippen LogP contribution in [0.3, 0.4) is 0 Å². The fourth-order valence-corrected chi connectivity index (χ4v) is 3.94. The molecule has 2 aliphatic rings. The second kappa shape index (κ2) is 6.22. The van der Waals surface area contributed by atoms with Gasteiger partial charge in [0, 0.05) is 31.9 Å². The Bertz CT molecular complexity index is 773. The Balaban J connectivity index is 1.59. The lowest BCUT2D eigenvalue weighted by atomic mass is 9.92. The number of anilines is 1. The Morgan fingerprint density at radius 3 is 3.12 bits per heavy atom. The molecule has 1 amide bonds. The van der Waals surface area contributed by atoms with Crippen molar-refractivity contribution in [1.82, 2.24) is 19.9 Å². The SMILES string of the molecule is O=C(/C=C/CF)N1CC[C@@H]2CCN(c3ncnc4[nH]ccc34)[C@@H]2C1. The van der Waals surface area contributed by atoms with Crippen LogP contribution in [-0.4, -0.2) is 58.1 Å². The number of fused-ring (bicyclic) bond motifs is 2. The molecule has 4 rings (SSSR count). The van der Waals surface area contributed by atoms with Crippen LogP contribution in [0.25, 0.3) is 11.0 Å². The smallest absolute Gasteiger partial charge is 0.246 e. The highest BCUT2D eigenvalue weighted by Gasteiger charge is 2.40. The molecule has 2 atom stereocenters. The van der Waals surface area contributed by atoms with Gasteiger partial charge >= 0.3 is 0 Å². The summed E-state index contributed by atoms with van der Waals surface area (Å²) in [6.45, 7) is 1.74. The maximum absolute atomic E-state index is 12.3. The predicted molar refractivity (Wildman–Crippen MR) is 89.4 cm³/mol. The van der Waals surface area contributed by atoms with Crippen molar-refractivity contribution in [2.45, 2.75) is 18.9 Å². The standard InChI is InChI=1S/C17H20FN5O/c18-6-1-2-15(24)22-8-4-12-5-9-23(14(12)10-22)17-13-3-7-19-16(13)20-11-21-17/h1-3,7,11-12,14H,4-6,8-10H2,(H,19,20,21)/b2-1+/t12-,14-/m1/s1. The van der Waals surface area contributed by atoms with Crippen molar-refractivity contribution >= 4 is 22.8 Å². The summed E-state index contributed by atoms with van der Waals surface area (Å²) >= 11 is 0. The number of alkyl halides is 1. The number of piperidine rings is 1. The van der Waals surface area contributed by atoms with Crippen LogP contribution in [0.1, 0.15) is 12.8 Å². The lowest BCUT2D eigenvalue weighted by Gasteiger charge is -2.38. The van der Waals surface area contributed by atoms with Crippen LogP contribution in [0.2, 0.25) is 0 Å². The fraction of sp³-hybridized carbons (Fsp3) is 0.471. The molecule has 2 saturated heterocycles.